The Labute approximate surface area is 290 Å². The first-order chi connectivity index (χ1) is 24.3. The first-order valence-corrected chi connectivity index (χ1v) is 16.2. The van der Waals surface area contributed by atoms with Crippen LogP contribution < -0.4 is 10.2 Å². The van der Waals surface area contributed by atoms with E-state index in [9.17, 15) is 22.8 Å². The second kappa shape index (κ2) is 14.6. The third-order valence-corrected chi connectivity index (χ3v) is 8.92. The van der Waals surface area contributed by atoms with E-state index in [1.807, 2.05) is 56.7 Å². The summed E-state index contributed by atoms with van der Waals surface area (Å²) in [5.41, 5.74) is 2.21. The van der Waals surface area contributed by atoms with Gasteiger partial charge in [-0.15, -0.1) is 0 Å². The molecule has 6 rings (SSSR count). The first kappa shape index (κ1) is 35.7. The highest BCUT2D eigenvalue weighted by Gasteiger charge is 2.46. The lowest BCUT2D eigenvalue weighted by molar-refractivity contribution is -0.167. The Morgan fingerprint density at radius 2 is 1.73 bits per heavy atom. The fraction of sp³-hybridized carbons (Fsp3) is 0.289. The molecule has 2 heterocycles. The summed E-state index contributed by atoms with van der Waals surface area (Å²) in [6.45, 7) is -0.333. The van der Waals surface area contributed by atoms with E-state index >= 15 is 8.78 Å². The van der Waals surface area contributed by atoms with Gasteiger partial charge in [-0.05, 0) is 82.8 Å². The quantitative estimate of drug-likeness (QED) is 0.135. The number of aromatic nitrogens is 1. The lowest BCUT2D eigenvalue weighted by Crippen LogP contribution is -2.53. The summed E-state index contributed by atoms with van der Waals surface area (Å²) < 4.78 is 81.5. The Bertz CT molecular complexity index is 2080. The highest BCUT2D eigenvalue weighted by atomic mass is 19.4. The molecule has 0 bridgehead atoms. The average molecular weight is 707 g/mol. The highest BCUT2D eigenvalue weighted by Crippen LogP contribution is 2.37. The van der Waals surface area contributed by atoms with Gasteiger partial charge in [-0.1, -0.05) is 36.4 Å². The molecule has 0 unspecified atom stereocenters. The molecule has 0 radical (unpaired) electrons. The molecule has 266 valence electrons. The Morgan fingerprint density at radius 1 is 1.00 bits per heavy atom. The van der Waals surface area contributed by atoms with Crippen LogP contribution >= 0.6 is 0 Å². The second-order valence-electron chi connectivity index (χ2n) is 12.7. The van der Waals surface area contributed by atoms with Crippen molar-refractivity contribution in [2.24, 2.45) is 0 Å². The monoisotopic (exact) mass is 706 g/mol. The zero-order chi connectivity index (χ0) is 36.4. The smallest absolute Gasteiger partial charge is 0.411 e. The molecule has 1 saturated heterocycles. The minimum Gasteiger partial charge on any atom is -0.467 e. The number of morpholine rings is 1. The third-order valence-electron chi connectivity index (χ3n) is 8.92. The van der Waals surface area contributed by atoms with E-state index in [0.29, 0.717) is 24.2 Å². The van der Waals surface area contributed by atoms with Crippen LogP contribution in [0.15, 0.2) is 79.1 Å². The van der Waals surface area contributed by atoms with Gasteiger partial charge in [0.15, 0.2) is 0 Å². The fourth-order valence-electron chi connectivity index (χ4n) is 6.64. The molecule has 1 aromatic heterocycles. The van der Waals surface area contributed by atoms with Gasteiger partial charge in [-0.2, -0.15) is 13.2 Å². The van der Waals surface area contributed by atoms with Gasteiger partial charge in [0.2, 0.25) is 0 Å². The number of benzene rings is 4. The van der Waals surface area contributed by atoms with E-state index in [1.165, 1.54) is 0 Å². The molecule has 13 heteroatoms. The summed E-state index contributed by atoms with van der Waals surface area (Å²) in [4.78, 5) is 33.5. The maximum atomic E-state index is 15.4. The third kappa shape index (κ3) is 7.49. The van der Waals surface area contributed by atoms with Crippen molar-refractivity contribution in [3.05, 3.63) is 107 Å². The average Bonchev–Trinajstić information content (AvgIpc) is 3.09. The van der Waals surface area contributed by atoms with E-state index in [2.05, 4.69) is 27.3 Å². The molecule has 1 amide bonds. The molecule has 0 spiro atoms. The molecule has 4 aromatic carbocycles. The van der Waals surface area contributed by atoms with Gasteiger partial charge in [0.1, 0.15) is 29.3 Å². The zero-order valence-electron chi connectivity index (χ0n) is 28.1. The maximum absolute atomic E-state index is 15.4. The molecule has 0 aliphatic carbocycles. The molecular weight excluding hydrogens is 671 g/mol. The molecule has 0 saturated carbocycles. The van der Waals surface area contributed by atoms with Crippen molar-refractivity contribution in [3.63, 3.8) is 0 Å². The Morgan fingerprint density at radius 3 is 2.43 bits per heavy atom. The number of ether oxygens (including phenoxy) is 2. The molecule has 8 nitrogen and oxygen atoms in total. The van der Waals surface area contributed by atoms with Gasteiger partial charge < -0.3 is 24.6 Å². The molecule has 1 N–H and O–H groups in total. The lowest BCUT2D eigenvalue weighted by Gasteiger charge is -2.38. The van der Waals surface area contributed by atoms with Gasteiger partial charge >= 0.3 is 12.1 Å². The van der Waals surface area contributed by atoms with Crippen LogP contribution in [0.2, 0.25) is 0 Å². The van der Waals surface area contributed by atoms with Gasteiger partial charge in [-0.3, -0.25) is 9.78 Å². The number of carbonyl (C=O) groups excluding carboxylic acids is 2. The Kier molecular flexibility index (Phi) is 10.2. The SMILES string of the molecule is COC(=O)[C@H](Cc1cccc2c(-c3cc(CN(C)C)cc4ccncc34)cccc12)NC(=O)c1c(F)cc(N2CCOC[C@@H]2C(F)(F)F)cc1F. The number of carbonyl (C=O) groups is 2. The van der Waals surface area contributed by atoms with E-state index in [0.717, 1.165) is 50.2 Å². The number of esters is 1. The number of hydrogen-bond donors (Lipinski definition) is 1. The normalized spacial score (nSPS) is 15.7. The van der Waals surface area contributed by atoms with Crippen molar-refractivity contribution in [1.82, 2.24) is 15.2 Å². The molecule has 5 aromatic rings. The van der Waals surface area contributed by atoms with Crippen molar-refractivity contribution in [1.29, 1.82) is 0 Å². The summed E-state index contributed by atoms with van der Waals surface area (Å²) in [5, 5.41) is 6.01. The number of fused-ring (bicyclic) bond motifs is 2. The molecule has 1 aliphatic heterocycles. The number of nitrogens with one attached hydrogen (secondary N) is 1. The highest BCUT2D eigenvalue weighted by molar-refractivity contribution is 6.06. The van der Waals surface area contributed by atoms with Crippen molar-refractivity contribution in [2.75, 3.05) is 45.9 Å². The minimum atomic E-state index is -4.72. The number of halogens is 5. The fourth-order valence-corrected chi connectivity index (χ4v) is 6.64. The van der Waals surface area contributed by atoms with Gasteiger partial charge in [0.25, 0.3) is 5.91 Å². The van der Waals surface area contributed by atoms with Crippen LogP contribution in [0, 0.1) is 11.6 Å². The molecule has 1 aliphatic rings. The summed E-state index contributed by atoms with van der Waals surface area (Å²) in [6.07, 6.45) is -1.26. The van der Waals surface area contributed by atoms with Crippen molar-refractivity contribution < 1.29 is 41.0 Å². The number of amides is 1. The molecule has 51 heavy (non-hydrogen) atoms. The largest absolute Gasteiger partial charge is 0.467 e. The maximum Gasteiger partial charge on any atom is 0.411 e. The number of methoxy groups -OCH3 is 1. The number of pyridine rings is 1. The number of anilines is 1. The number of rotatable bonds is 9. The van der Waals surface area contributed by atoms with E-state index in [-0.39, 0.29) is 25.3 Å². The Balaban J connectivity index is 1.32. The summed E-state index contributed by atoms with van der Waals surface area (Å²) in [6, 6.07) is 15.4. The molecule has 1 fully saturated rings. The van der Waals surface area contributed by atoms with Crippen molar-refractivity contribution in [2.45, 2.75) is 31.2 Å². The lowest BCUT2D eigenvalue weighted by atomic mass is 9.90. The predicted molar refractivity (Wildman–Crippen MR) is 183 cm³/mol. The van der Waals surface area contributed by atoms with E-state index < -0.39 is 53.9 Å². The van der Waals surface area contributed by atoms with Crippen LogP contribution in [-0.2, 0) is 27.2 Å². The van der Waals surface area contributed by atoms with Gasteiger partial charge in [-0.25, -0.2) is 13.6 Å². The van der Waals surface area contributed by atoms with Crippen LogP contribution in [-0.4, -0.2) is 81.0 Å². The van der Waals surface area contributed by atoms with Crippen LogP contribution in [0.1, 0.15) is 21.5 Å². The van der Waals surface area contributed by atoms with Gasteiger partial charge in [0.05, 0.1) is 20.3 Å². The first-order valence-electron chi connectivity index (χ1n) is 16.2. The van der Waals surface area contributed by atoms with Crippen LogP contribution in [0.4, 0.5) is 27.6 Å². The zero-order valence-corrected chi connectivity index (χ0v) is 28.1. The Hall–Kier alpha value is -5.14. The van der Waals surface area contributed by atoms with Gasteiger partial charge in [0, 0.05) is 43.0 Å². The summed E-state index contributed by atoms with van der Waals surface area (Å²) >= 11 is 0. The number of alkyl halides is 3. The van der Waals surface area contributed by atoms with Crippen molar-refractivity contribution >= 4 is 39.1 Å². The topological polar surface area (TPSA) is 84.0 Å². The minimum absolute atomic E-state index is 0.0782. The molecule has 2 atom stereocenters. The van der Waals surface area contributed by atoms with Crippen molar-refractivity contribution in [3.8, 4) is 11.1 Å². The summed E-state index contributed by atoms with van der Waals surface area (Å²) in [7, 11) is 5.11. The van der Waals surface area contributed by atoms with Crippen LogP contribution in [0.3, 0.4) is 0 Å². The summed E-state index contributed by atoms with van der Waals surface area (Å²) in [5.74, 6) is -4.89. The predicted octanol–water partition coefficient (Wildman–Crippen LogP) is 6.68. The number of nitrogens with zero attached hydrogens (tertiary/aromatic N) is 3. The van der Waals surface area contributed by atoms with Crippen LogP contribution in [0.25, 0.3) is 32.7 Å². The number of hydrogen-bond acceptors (Lipinski definition) is 7. The van der Waals surface area contributed by atoms with E-state index in [4.69, 9.17) is 9.47 Å². The second-order valence-corrected chi connectivity index (χ2v) is 12.7. The molecular formula is C38H35F5N4O4. The van der Waals surface area contributed by atoms with E-state index in [1.54, 1.807) is 12.3 Å². The standard InChI is InChI=1S/C38H35F5N4O4/c1-46(2)20-22-14-24-10-11-44-19-30(24)29(15-22)28-9-5-7-26-23(6-4-8-27(26)28)16-33(37(49)50-3)45-36(48)35-31(39)17-25(18-32(35)40)47-12-13-51-21-34(47)38(41,42)43/h4-11,14-15,17-19,33-34H,12-13,16,20-21H2,1-3H3,(H,45,48)/t33-,34+/m0/s1. The van der Waals surface area contributed by atoms with Crippen LogP contribution in [0.5, 0.6) is 0 Å².